The van der Waals surface area contributed by atoms with E-state index in [4.69, 9.17) is 18.6 Å². The highest BCUT2D eigenvalue weighted by Gasteiger charge is 2.27. The van der Waals surface area contributed by atoms with Gasteiger partial charge in [0, 0.05) is 22.6 Å². The van der Waals surface area contributed by atoms with E-state index in [0.29, 0.717) is 28.2 Å². The van der Waals surface area contributed by atoms with Crippen molar-refractivity contribution in [2.75, 3.05) is 19.5 Å². The molecule has 0 N–H and O–H groups in total. The SMILES string of the molecule is COc1ccc(-n2c(C)cc(C(=O)CSc3nnc(C4COc5ccccc5O4)o3)c2C)cc1. The highest BCUT2D eigenvalue weighted by molar-refractivity contribution is 7.99. The number of methoxy groups -OCH3 is 1. The van der Waals surface area contributed by atoms with E-state index in [-0.39, 0.29) is 18.1 Å². The third-order valence-corrected chi connectivity index (χ3v) is 6.41. The van der Waals surface area contributed by atoms with Crippen LogP contribution in [0.15, 0.2) is 64.2 Å². The van der Waals surface area contributed by atoms with Gasteiger partial charge >= 0.3 is 0 Å². The Hall–Kier alpha value is -3.72. The molecule has 1 aliphatic heterocycles. The number of carbonyl (C=O) groups is 1. The molecule has 0 bridgehead atoms. The molecule has 2 aromatic heterocycles. The third-order valence-electron chi connectivity index (χ3n) is 5.60. The zero-order chi connectivity index (χ0) is 23.7. The van der Waals surface area contributed by atoms with Gasteiger partial charge in [-0.1, -0.05) is 23.9 Å². The molecule has 0 saturated carbocycles. The predicted octanol–water partition coefficient (Wildman–Crippen LogP) is 4.97. The predicted molar refractivity (Wildman–Crippen MR) is 126 cm³/mol. The maximum Gasteiger partial charge on any atom is 0.277 e. The van der Waals surface area contributed by atoms with Crippen molar-refractivity contribution >= 4 is 17.5 Å². The van der Waals surface area contributed by atoms with Crippen LogP contribution in [-0.2, 0) is 0 Å². The molecule has 0 fully saturated rings. The van der Waals surface area contributed by atoms with Crippen LogP contribution in [0, 0.1) is 13.8 Å². The molecule has 3 heterocycles. The van der Waals surface area contributed by atoms with Crippen molar-refractivity contribution < 1.29 is 23.4 Å². The summed E-state index contributed by atoms with van der Waals surface area (Å²) in [6, 6.07) is 17.1. The fourth-order valence-corrected chi connectivity index (χ4v) is 4.58. The van der Waals surface area contributed by atoms with Crippen molar-refractivity contribution in [1.82, 2.24) is 14.8 Å². The number of aromatic nitrogens is 3. The first-order chi connectivity index (χ1) is 16.5. The number of ketones is 1. The number of hydrogen-bond acceptors (Lipinski definition) is 8. The molecule has 1 atom stereocenters. The smallest absolute Gasteiger partial charge is 0.277 e. The number of para-hydroxylation sites is 2. The second-order valence-electron chi connectivity index (χ2n) is 7.80. The number of nitrogens with zero attached hydrogens (tertiary/aromatic N) is 3. The number of thioether (sulfide) groups is 1. The Balaban J connectivity index is 1.25. The van der Waals surface area contributed by atoms with Crippen LogP contribution in [0.4, 0.5) is 0 Å². The summed E-state index contributed by atoms with van der Waals surface area (Å²) in [6.45, 7) is 4.20. The van der Waals surface area contributed by atoms with Crippen LogP contribution in [0.3, 0.4) is 0 Å². The summed E-state index contributed by atoms with van der Waals surface area (Å²) in [5.74, 6) is 2.59. The molecule has 0 radical (unpaired) electrons. The van der Waals surface area contributed by atoms with E-state index in [9.17, 15) is 4.79 Å². The quantitative estimate of drug-likeness (QED) is 0.272. The van der Waals surface area contributed by atoms with E-state index in [1.807, 2.05) is 68.4 Å². The first kappa shape index (κ1) is 22.1. The van der Waals surface area contributed by atoms with E-state index in [1.54, 1.807) is 7.11 Å². The van der Waals surface area contributed by atoms with Crippen molar-refractivity contribution in [2.24, 2.45) is 0 Å². The molecule has 174 valence electrons. The zero-order valence-corrected chi connectivity index (χ0v) is 19.8. The number of hydrogen-bond donors (Lipinski definition) is 0. The van der Waals surface area contributed by atoms with Gasteiger partial charge in [-0.25, -0.2) is 0 Å². The maximum absolute atomic E-state index is 13.0. The summed E-state index contributed by atoms with van der Waals surface area (Å²) in [4.78, 5) is 13.0. The van der Waals surface area contributed by atoms with Crippen LogP contribution in [0.25, 0.3) is 5.69 Å². The van der Waals surface area contributed by atoms with Gasteiger partial charge in [-0.15, -0.1) is 10.2 Å². The summed E-state index contributed by atoms with van der Waals surface area (Å²) in [5, 5.41) is 8.46. The van der Waals surface area contributed by atoms with Gasteiger partial charge in [-0.3, -0.25) is 4.79 Å². The lowest BCUT2D eigenvalue weighted by molar-refractivity contribution is 0.0686. The average molecular weight is 478 g/mol. The van der Waals surface area contributed by atoms with Gasteiger partial charge in [0.25, 0.3) is 11.1 Å². The van der Waals surface area contributed by atoms with E-state index >= 15 is 0 Å². The second-order valence-corrected chi connectivity index (χ2v) is 8.73. The van der Waals surface area contributed by atoms with Gasteiger partial charge in [0.15, 0.2) is 17.3 Å². The van der Waals surface area contributed by atoms with Crippen LogP contribution in [-0.4, -0.2) is 40.0 Å². The minimum absolute atomic E-state index is 0.0104. The van der Waals surface area contributed by atoms with Crippen LogP contribution in [0.1, 0.15) is 33.7 Å². The molecule has 4 aromatic rings. The number of ether oxygens (including phenoxy) is 3. The molecule has 0 aliphatic carbocycles. The van der Waals surface area contributed by atoms with Gasteiger partial charge in [0.1, 0.15) is 12.4 Å². The molecule has 9 heteroatoms. The first-order valence-electron chi connectivity index (χ1n) is 10.7. The van der Waals surface area contributed by atoms with Crippen LogP contribution < -0.4 is 14.2 Å². The Morgan fingerprint density at radius 3 is 2.65 bits per heavy atom. The number of Topliss-reactive ketones (excluding diaryl/α,β-unsaturated/α-hetero) is 1. The Kier molecular flexibility index (Phi) is 6.02. The Labute approximate surface area is 200 Å². The van der Waals surface area contributed by atoms with E-state index in [1.165, 1.54) is 11.8 Å². The molecular formula is C25H23N3O5S. The fourth-order valence-electron chi connectivity index (χ4n) is 3.93. The Bertz CT molecular complexity index is 1330. The molecule has 1 aliphatic rings. The summed E-state index contributed by atoms with van der Waals surface area (Å²) >= 11 is 1.21. The monoisotopic (exact) mass is 477 g/mol. The molecule has 0 spiro atoms. The summed E-state index contributed by atoms with van der Waals surface area (Å²) < 4.78 is 24.7. The molecule has 2 aromatic carbocycles. The van der Waals surface area contributed by atoms with Crippen LogP contribution >= 0.6 is 11.8 Å². The van der Waals surface area contributed by atoms with E-state index in [2.05, 4.69) is 14.8 Å². The van der Waals surface area contributed by atoms with Gasteiger partial charge in [0.2, 0.25) is 6.10 Å². The standard InChI is InChI=1S/C25H23N3O5S/c1-15-12-19(16(2)28(15)17-8-10-18(30-3)11-9-17)20(29)14-34-25-27-26-24(33-25)23-13-31-21-6-4-5-7-22(21)32-23/h4-12,23H,13-14H2,1-3H3. The molecule has 0 saturated heterocycles. The van der Waals surface area contributed by atoms with Gasteiger partial charge in [-0.05, 0) is 56.3 Å². The van der Waals surface area contributed by atoms with Crippen LogP contribution in [0.2, 0.25) is 0 Å². The van der Waals surface area contributed by atoms with Gasteiger partial charge in [0.05, 0.1) is 12.9 Å². The number of rotatable bonds is 7. The zero-order valence-electron chi connectivity index (χ0n) is 19.0. The highest BCUT2D eigenvalue weighted by Crippen LogP contribution is 2.36. The van der Waals surface area contributed by atoms with Crippen molar-refractivity contribution in [2.45, 2.75) is 25.2 Å². The first-order valence-corrected chi connectivity index (χ1v) is 11.7. The largest absolute Gasteiger partial charge is 0.497 e. The number of carbonyl (C=O) groups excluding carboxylic acids is 1. The van der Waals surface area contributed by atoms with Gasteiger partial charge < -0.3 is 23.2 Å². The van der Waals surface area contributed by atoms with Crippen molar-refractivity contribution in [3.63, 3.8) is 0 Å². The number of benzene rings is 2. The van der Waals surface area contributed by atoms with Crippen molar-refractivity contribution in [3.8, 4) is 22.9 Å². The summed E-state index contributed by atoms with van der Waals surface area (Å²) in [6.07, 6.45) is -0.490. The number of fused-ring (bicyclic) bond motifs is 1. The summed E-state index contributed by atoms with van der Waals surface area (Å²) in [7, 11) is 1.64. The molecular weight excluding hydrogens is 454 g/mol. The van der Waals surface area contributed by atoms with Crippen molar-refractivity contribution in [1.29, 1.82) is 0 Å². The summed E-state index contributed by atoms with van der Waals surface area (Å²) in [5.41, 5.74) is 3.50. The van der Waals surface area contributed by atoms with E-state index in [0.717, 1.165) is 22.8 Å². The average Bonchev–Trinajstić information content (AvgIpc) is 3.46. The minimum Gasteiger partial charge on any atom is -0.497 e. The molecule has 34 heavy (non-hydrogen) atoms. The molecule has 0 amide bonds. The lowest BCUT2D eigenvalue weighted by Crippen LogP contribution is -2.21. The third kappa shape index (κ3) is 4.26. The van der Waals surface area contributed by atoms with E-state index < -0.39 is 6.10 Å². The second kappa shape index (κ2) is 9.26. The molecule has 8 nitrogen and oxygen atoms in total. The lowest BCUT2D eigenvalue weighted by Gasteiger charge is -2.23. The highest BCUT2D eigenvalue weighted by atomic mass is 32.2. The molecule has 5 rings (SSSR count). The van der Waals surface area contributed by atoms with Crippen molar-refractivity contribution in [3.05, 3.63) is 77.4 Å². The normalized spacial score (nSPS) is 14.7. The van der Waals surface area contributed by atoms with Crippen LogP contribution in [0.5, 0.6) is 17.2 Å². The molecule has 1 unspecified atom stereocenters. The maximum atomic E-state index is 13.0. The lowest BCUT2D eigenvalue weighted by atomic mass is 10.2. The topological polar surface area (TPSA) is 88.6 Å². The fraction of sp³-hybridized carbons (Fsp3) is 0.240. The Morgan fingerprint density at radius 1 is 1.12 bits per heavy atom. The Morgan fingerprint density at radius 2 is 1.88 bits per heavy atom. The minimum atomic E-state index is -0.490. The van der Waals surface area contributed by atoms with Gasteiger partial charge in [-0.2, -0.15) is 0 Å². The number of aryl methyl sites for hydroxylation is 1.